The topological polar surface area (TPSA) is 81.7 Å². The number of rotatable bonds is 7. The van der Waals surface area contributed by atoms with Crippen molar-refractivity contribution < 1.29 is 13.2 Å². The number of nitrogens with one attached hydrogen (secondary N) is 2. The Hall–Kier alpha value is -2.68. The molecule has 29 heavy (non-hydrogen) atoms. The van der Waals surface area contributed by atoms with Gasteiger partial charge in [0, 0.05) is 38.3 Å². The first-order chi connectivity index (χ1) is 13.9. The molecule has 2 N–H and O–H groups in total. The van der Waals surface area contributed by atoms with Gasteiger partial charge in [0.25, 0.3) is 5.91 Å². The lowest BCUT2D eigenvalue weighted by Gasteiger charge is -2.35. The predicted molar refractivity (Wildman–Crippen MR) is 116 cm³/mol. The van der Waals surface area contributed by atoms with Crippen LogP contribution in [-0.4, -0.2) is 59.0 Å². The van der Waals surface area contributed by atoms with Gasteiger partial charge >= 0.3 is 0 Å². The van der Waals surface area contributed by atoms with Crippen LogP contribution in [0.15, 0.2) is 66.1 Å². The van der Waals surface area contributed by atoms with Gasteiger partial charge < -0.3 is 15.1 Å². The van der Waals surface area contributed by atoms with Crippen LogP contribution in [0.25, 0.3) is 0 Å². The summed E-state index contributed by atoms with van der Waals surface area (Å²) in [6.07, 6.45) is 1.46. The molecule has 7 nitrogen and oxygen atoms in total. The molecule has 1 amide bonds. The Morgan fingerprint density at radius 3 is 2.55 bits per heavy atom. The second-order valence-electron chi connectivity index (χ2n) is 6.93. The molecule has 0 radical (unpaired) electrons. The van der Waals surface area contributed by atoms with Gasteiger partial charge in [0.15, 0.2) is 0 Å². The van der Waals surface area contributed by atoms with Crippen molar-refractivity contribution in [1.29, 1.82) is 0 Å². The average molecular weight is 415 g/mol. The van der Waals surface area contributed by atoms with Crippen LogP contribution < -0.4 is 14.9 Å². The molecule has 154 valence electrons. The first-order valence-electron chi connectivity index (χ1n) is 9.45. The van der Waals surface area contributed by atoms with Crippen molar-refractivity contribution in [2.75, 3.05) is 50.0 Å². The molecule has 1 saturated heterocycles. The Bertz CT molecular complexity index is 983. The van der Waals surface area contributed by atoms with Crippen molar-refractivity contribution in [2.45, 2.75) is 4.90 Å². The zero-order chi connectivity index (χ0) is 20.9. The second-order valence-corrected chi connectivity index (χ2v) is 8.70. The van der Waals surface area contributed by atoms with Gasteiger partial charge in [-0.15, -0.1) is 6.58 Å². The molecule has 0 aromatic heterocycles. The molecule has 8 heteroatoms. The Balaban J connectivity index is 1.79. The molecule has 0 atom stereocenters. The summed E-state index contributed by atoms with van der Waals surface area (Å²) in [6.45, 7) is 7.30. The molecule has 1 aliphatic heterocycles. The molecule has 1 aliphatic rings. The minimum absolute atomic E-state index is 0.0411. The molecule has 1 heterocycles. The number of hydrogen-bond donors (Lipinski definition) is 2. The average Bonchev–Trinajstić information content (AvgIpc) is 2.73. The number of piperazine rings is 1. The largest absolute Gasteiger partial charge is 0.367 e. The summed E-state index contributed by atoms with van der Waals surface area (Å²) in [4.78, 5) is 17.4. The summed E-state index contributed by atoms with van der Waals surface area (Å²) in [7, 11) is -1.60. The Kier molecular flexibility index (Phi) is 6.68. The van der Waals surface area contributed by atoms with Gasteiger partial charge in [-0.2, -0.15) is 0 Å². The van der Waals surface area contributed by atoms with Crippen LogP contribution in [-0.2, 0) is 10.0 Å². The molecule has 3 rings (SSSR count). The predicted octanol–water partition coefficient (Wildman–Crippen LogP) is 2.16. The minimum atomic E-state index is -3.70. The van der Waals surface area contributed by atoms with Crippen molar-refractivity contribution in [3.8, 4) is 0 Å². The van der Waals surface area contributed by atoms with Crippen LogP contribution in [0.4, 0.5) is 11.4 Å². The van der Waals surface area contributed by atoms with E-state index in [2.05, 4.69) is 33.5 Å². The highest BCUT2D eigenvalue weighted by Crippen LogP contribution is 2.27. The molecule has 2 aromatic rings. The fourth-order valence-corrected chi connectivity index (χ4v) is 4.20. The summed E-state index contributed by atoms with van der Waals surface area (Å²) in [5, 5.41) is 2.93. The van der Waals surface area contributed by atoms with E-state index in [4.69, 9.17) is 0 Å². The Morgan fingerprint density at radius 1 is 1.10 bits per heavy atom. The third kappa shape index (κ3) is 5.23. The molecular formula is C21H26N4O3S. The fraction of sp³-hybridized carbons (Fsp3) is 0.286. The number of nitrogens with zero attached hydrogens (tertiary/aromatic N) is 2. The minimum Gasteiger partial charge on any atom is -0.367 e. The highest BCUT2D eigenvalue weighted by Gasteiger charge is 2.19. The van der Waals surface area contributed by atoms with Crippen molar-refractivity contribution in [3.05, 3.63) is 66.7 Å². The van der Waals surface area contributed by atoms with E-state index < -0.39 is 10.0 Å². The molecular weight excluding hydrogens is 388 g/mol. The van der Waals surface area contributed by atoms with Gasteiger partial charge in [-0.1, -0.05) is 24.3 Å². The first kappa shape index (κ1) is 21.0. The monoisotopic (exact) mass is 414 g/mol. The number of sulfonamides is 1. The molecule has 1 fully saturated rings. The zero-order valence-corrected chi connectivity index (χ0v) is 17.3. The summed E-state index contributed by atoms with van der Waals surface area (Å²) >= 11 is 0. The molecule has 0 spiro atoms. The van der Waals surface area contributed by atoms with E-state index in [1.165, 1.54) is 18.2 Å². The SMILES string of the molecule is C=CCNS(=O)(=O)c1cccc(C(=O)Nc2ccccc2N2CCN(C)CC2)c1. The highest BCUT2D eigenvalue weighted by atomic mass is 32.2. The van der Waals surface area contributed by atoms with E-state index >= 15 is 0 Å². The number of carbonyl (C=O) groups is 1. The quantitative estimate of drug-likeness (QED) is 0.679. The molecule has 0 unspecified atom stereocenters. The second kappa shape index (κ2) is 9.21. The number of benzene rings is 2. The van der Waals surface area contributed by atoms with Crippen LogP contribution in [0.1, 0.15) is 10.4 Å². The van der Waals surface area contributed by atoms with Gasteiger partial charge in [-0.3, -0.25) is 4.79 Å². The molecule has 2 aromatic carbocycles. The maximum absolute atomic E-state index is 12.8. The lowest BCUT2D eigenvalue weighted by atomic mass is 10.2. The number of amides is 1. The number of likely N-dealkylation sites (N-methyl/N-ethyl adjacent to an activating group) is 1. The Morgan fingerprint density at radius 2 is 1.83 bits per heavy atom. The van der Waals surface area contributed by atoms with Gasteiger partial charge in [-0.05, 0) is 37.4 Å². The van der Waals surface area contributed by atoms with Crippen LogP contribution >= 0.6 is 0 Å². The smallest absolute Gasteiger partial charge is 0.255 e. The van der Waals surface area contributed by atoms with Gasteiger partial charge in [0.05, 0.1) is 16.3 Å². The van der Waals surface area contributed by atoms with Crippen molar-refractivity contribution >= 4 is 27.3 Å². The van der Waals surface area contributed by atoms with Crippen LogP contribution in [0.5, 0.6) is 0 Å². The lowest BCUT2D eigenvalue weighted by molar-refractivity contribution is 0.102. The number of hydrogen-bond acceptors (Lipinski definition) is 5. The summed E-state index contributed by atoms with van der Waals surface area (Å²) in [5.41, 5.74) is 1.95. The van der Waals surface area contributed by atoms with E-state index in [1.54, 1.807) is 12.1 Å². The third-order valence-corrected chi connectivity index (χ3v) is 6.24. The zero-order valence-electron chi connectivity index (χ0n) is 16.5. The fourth-order valence-electron chi connectivity index (χ4n) is 3.15. The molecule has 0 bridgehead atoms. The van der Waals surface area contributed by atoms with E-state index in [0.717, 1.165) is 31.9 Å². The van der Waals surface area contributed by atoms with Crippen LogP contribution in [0.3, 0.4) is 0 Å². The van der Waals surface area contributed by atoms with Gasteiger partial charge in [-0.25, -0.2) is 13.1 Å². The first-order valence-corrected chi connectivity index (χ1v) is 10.9. The van der Waals surface area contributed by atoms with Gasteiger partial charge in [0.2, 0.25) is 10.0 Å². The van der Waals surface area contributed by atoms with Crippen molar-refractivity contribution in [3.63, 3.8) is 0 Å². The summed E-state index contributed by atoms with van der Waals surface area (Å²) in [6, 6.07) is 13.7. The van der Waals surface area contributed by atoms with E-state index in [-0.39, 0.29) is 22.9 Å². The number of anilines is 2. The van der Waals surface area contributed by atoms with Crippen molar-refractivity contribution in [2.24, 2.45) is 0 Å². The summed E-state index contributed by atoms with van der Waals surface area (Å²) < 4.78 is 27.0. The van der Waals surface area contributed by atoms with Gasteiger partial charge in [0.1, 0.15) is 0 Å². The van der Waals surface area contributed by atoms with E-state index in [0.29, 0.717) is 5.69 Å². The highest BCUT2D eigenvalue weighted by molar-refractivity contribution is 7.89. The summed E-state index contributed by atoms with van der Waals surface area (Å²) in [5.74, 6) is -0.354. The van der Waals surface area contributed by atoms with Crippen molar-refractivity contribution in [1.82, 2.24) is 9.62 Å². The maximum atomic E-state index is 12.8. The molecule has 0 aliphatic carbocycles. The van der Waals surface area contributed by atoms with Crippen LogP contribution in [0, 0.1) is 0 Å². The molecule has 0 saturated carbocycles. The normalized spacial score (nSPS) is 15.1. The lowest BCUT2D eigenvalue weighted by Crippen LogP contribution is -2.44. The van der Waals surface area contributed by atoms with Crippen LogP contribution in [0.2, 0.25) is 0 Å². The maximum Gasteiger partial charge on any atom is 0.255 e. The third-order valence-electron chi connectivity index (χ3n) is 4.82. The Labute approximate surface area is 172 Å². The standard InChI is InChI=1S/C21H26N4O3S/c1-3-11-22-29(27,28)18-8-6-7-17(16-18)21(26)23-19-9-4-5-10-20(19)25-14-12-24(2)13-15-25/h3-10,16,22H,1,11-15H2,2H3,(H,23,26). The number of carbonyl (C=O) groups excluding carboxylic acids is 1. The van der Waals surface area contributed by atoms with E-state index in [9.17, 15) is 13.2 Å². The van der Waals surface area contributed by atoms with E-state index in [1.807, 2.05) is 24.3 Å². The number of para-hydroxylation sites is 2.